The Morgan fingerprint density at radius 3 is 3.00 bits per heavy atom. The van der Waals surface area contributed by atoms with E-state index in [1.807, 2.05) is 28.8 Å². The third-order valence-electron chi connectivity index (χ3n) is 3.93. The van der Waals surface area contributed by atoms with Gasteiger partial charge in [-0.1, -0.05) is 19.1 Å². The number of nitrogens with one attached hydrogen (secondary N) is 1. The van der Waals surface area contributed by atoms with Crippen LogP contribution in [-0.4, -0.2) is 16.1 Å². The Morgan fingerprint density at radius 2 is 2.14 bits per heavy atom. The lowest BCUT2D eigenvalue weighted by Gasteiger charge is -2.12. The normalized spacial score (nSPS) is 13.2. The SMILES string of the molecule is CCCNc1cccc(Cn2c3c(ccc2=O)CCC3)n1. The van der Waals surface area contributed by atoms with Gasteiger partial charge in [0.15, 0.2) is 0 Å². The second-order valence-corrected chi connectivity index (χ2v) is 5.52. The average molecular weight is 283 g/mol. The molecule has 2 heterocycles. The van der Waals surface area contributed by atoms with Gasteiger partial charge in [-0.25, -0.2) is 4.98 Å². The molecule has 0 bridgehead atoms. The van der Waals surface area contributed by atoms with Crippen LogP contribution < -0.4 is 10.9 Å². The third-order valence-corrected chi connectivity index (χ3v) is 3.93. The monoisotopic (exact) mass is 283 g/mol. The lowest BCUT2D eigenvalue weighted by molar-refractivity contribution is 0.693. The van der Waals surface area contributed by atoms with Crippen LogP contribution in [0.5, 0.6) is 0 Å². The molecule has 0 saturated carbocycles. The highest BCUT2D eigenvalue weighted by molar-refractivity contribution is 5.35. The van der Waals surface area contributed by atoms with Gasteiger partial charge in [-0.2, -0.15) is 0 Å². The molecule has 21 heavy (non-hydrogen) atoms. The maximum absolute atomic E-state index is 12.2. The van der Waals surface area contributed by atoms with Gasteiger partial charge in [-0.05, 0) is 43.4 Å². The van der Waals surface area contributed by atoms with Crippen LogP contribution in [-0.2, 0) is 19.4 Å². The van der Waals surface area contributed by atoms with Crippen LogP contribution >= 0.6 is 0 Å². The van der Waals surface area contributed by atoms with Gasteiger partial charge in [0.1, 0.15) is 5.82 Å². The van der Waals surface area contributed by atoms with E-state index >= 15 is 0 Å². The summed E-state index contributed by atoms with van der Waals surface area (Å²) < 4.78 is 1.88. The summed E-state index contributed by atoms with van der Waals surface area (Å²) in [6, 6.07) is 9.61. The van der Waals surface area contributed by atoms with E-state index < -0.39 is 0 Å². The van der Waals surface area contributed by atoms with Crippen molar-refractivity contribution in [3.8, 4) is 0 Å². The zero-order chi connectivity index (χ0) is 14.7. The zero-order valence-electron chi connectivity index (χ0n) is 12.4. The topological polar surface area (TPSA) is 46.9 Å². The predicted octanol–water partition coefficient (Wildman–Crippen LogP) is 2.60. The van der Waals surface area contributed by atoms with Crippen LogP contribution in [0.4, 0.5) is 5.82 Å². The van der Waals surface area contributed by atoms with Crippen LogP contribution in [0.15, 0.2) is 35.1 Å². The number of hydrogen-bond acceptors (Lipinski definition) is 3. The minimum absolute atomic E-state index is 0.0735. The first-order valence-electron chi connectivity index (χ1n) is 7.69. The highest BCUT2D eigenvalue weighted by atomic mass is 16.1. The number of pyridine rings is 2. The van der Waals surface area contributed by atoms with Crippen molar-refractivity contribution < 1.29 is 0 Å². The molecule has 2 aromatic rings. The average Bonchev–Trinajstić information content (AvgIpc) is 2.97. The molecule has 0 atom stereocenters. The molecule has 0 unspecified atom stereocenters. The van der Waals surface area contributed by atoms with E-state index in [-0.39, 0.29) is 5.56 Å². The minimum atomic E-state index is 0.0735. The van der Waals surface area contributed by atoms with Gasteiger partial charge < -0.3 is 9.88 Å². The molecule has 4 heteroatoms. The molecule has 2 aromatic heterocycles. The first kappa shape index (κ1) is 13.9. The quantitative estimate of drug-likeness (QED) is 0.917. The Balaban J connectivity index is 1.87. The Labute approximate surface area is 124 Å². The standard InChI is InChI=1S/C17H21N3O/c1-2-11-18-16-8-4-6-14(19-16)12-20-15-7-3-5-13(15)9-10-17(20)21/h4,6,8-10H,2-3,5,7,11-12H2,1H3,(H,18,19). The van der Waals surface area contributed by atoms with Gasteiger partial charge in [0, 0.05) is 18.3 Å². The number of aromatic nitrogens is 2. The third kappa shape index (κ3) is 2.99. The summed E-state index contributed by atoms with van der Waals surface area (Å²) in [5, 5.41) is 3.29. The fraction of sp³-hybridized carbons (Fsp3) is 0.412. The van der Waals surface area contributed by atoms with Crippen LogP contribution in [0.2, 0.25) is 0 Å². The predicted molar refractivity (Wildman–Crippen MR) is 84.8 cm³/mol. The second kappa shape index (κ2) is 6.12. The molecule has 1 aliphatic carbocycles. The van der Waals surface area contributed by atoms with Gasteiger partial charge in [0.05, 0.1) is 12.2 Å². The minimum Gasteiger partial charge on any atom is -0.370 e. The number of anilines is 1. The van der Waals surface area contributed by atoms with Crippen molar-refractivity contribution in [2.45, 2.75) is 39.2 Å². The molecule has 0 fully saturated rings. The first-order valence-corrected chi connectivity index (χ1v) is 7.69. The van der Waals surface area contributed by atoms with Crippen molar-refractivity contribution in [1.82, 2.24) is 9.55 Å². The summed E-state index contributed by atoms with van der Waals surface area (Å²) in [7, 11) is 0. The molecule has 0 spiro atoms. The van der Waals surface area contributed by atoms with Crippen LogP contribution in [0.1, 0.15) is 36.7 Å². The van der Waals surface area contributed by atoms with Crippen molar-refractivity contribution in [2.24, 2.45) is 0 Å². The Hall–Kier alpha value is -2.10. The molecule has 0 aliphatic heterocycles. The first-order chi connectivity index (χ1) is 10.3. The fourth-order valence-corrected chi connectivity index (χ4v) is 2.89. The smallest absolute Gasteiger partial charge is 0.251 e. The molecule has 1 N–H and O–H groups in total. The van der Waals surface area contributed by atoms with Gasteiger partial charge in [0.25, 0.3) is 5.56 Å². The molecule has 110 valence electrons. The molecular formula is C17H21N3O. The lowest BCUT2D eigenvalue weighted by Crippen LogP contribution is -2.23. The van der Waals surface area contributed by atoms with Crippen LogP contribution in [0.3, 0.4) is 0 Å². The van der Waals surface area contributed by atoms with E-state index in [0.29, 0.717) is 6.54 Å². The van der Waals surface area contributed by atoms with Gasteiger partial charge in [-0.3, -0.25) is 4.79 Å². The molecule has 0 aromatic carbocycles. The summed E-state index contributed by atoms with van der Waals surface area (Å²) in [6.07, 6.45) is 4.29. The number of aryl methyl sites for hydroxylation is 1. The zero-order valence-corrected chi connectivity index (χ0v) is 12.4. The maximum atomic E-state index is 12.2. The number of hydrogen-bond donors (Lipinski definition) is 1. The Kier molecular flexibility index (Phi) is 4.04. The van der Waals surface area contributed by atoms with E-state index in [0.717, 1.165) is 43.7 Å². The summed E-state index contributed by atoms with van der Waals surface area (Å²) >= 11 is 0. The van der Waals surface area contributed by atoms with E-state index in [1.165, 1.54) is 11.3 Å². The number of rotatable bonds is 5. The molecular weight excluding hydrogens is 262 g/mol. The number of nitrogens with zero attached hydrogens (tertiary/aromatic N) is 2. The molecule has 0 amide bonds. The molecule has 1 aliphatic rings. The van der Waals surface area contributed by atoms with Crippen molar-refractivity contribution in [3.05, 3.63) is 57.6 Å². The highest BCUT2D eigenvalue weighted by Gasteiger charge is 2.16. The van der Waals surface area contributed by atoms with E-state index in [2.05, 4.69) is 17.2 Å². The van der Waals surface area contributed by atoms with E-state index in [9.17, 15) is 4.79 Å². The number of fused-ring (bicyclic) bond motifs is 1. The van der Waals surface area contributed by atoms with E-state index in [4.69, 9.17) is 0 Å². The lowest BCUT2D eigenvalue weighted by atomic mass is 10.2. The van der Waals surface area contributed by atoms with Crippen molar-refractivity contribution in [1.29, 1.82) is 0 Å². The molecule has 0 saturated heterocycles. The molecule has 4 nitrogen and oxygen atoms in total. The highest BCUT2D eigenvalue weighted by Crippen LogP contribution is 2.20. The summed E-state index contributed by atoms with van der Waals surface area (Å²) in [5.74, 6) is 0.884. The largest absolute Gasteiger partial charge is 0.370 e. The van der Waals surface area contributed by atoms with Crippen molar-refractivity contribution in [3.63, 3.8) is 0 Å². The Bertz CT molecular complexity index is 691. The van der Waals surface area contributed by atoms with Gasteiger partial charge in [-0.15, -0.1) is 0 Å². The molecule has 3 rings (SSSR count). The van der Waals surface area contributed by atoms with Crippen LogP contribution in [0.25, 0.3) is 0 Å². The van der Waals surface area contributed by atoms with E-state index in [1.54, 1.807) is 6.07 Å². The summed E-state index contributed by atoms with van der Waals surface area (Å²) in [5.41, 5.74) is 3.51. The van der Waals surface area contributed by atoms with Crippen molar-refractivity contribution >= 4 is 5.82 Å². The second-order valence-electron chi connectivity index (χ2n) is 5.52. The summed E-state index contributed by atoms with van der Waals surface area (Å²) in [6.45, 7) is 3.60. The fourth-order valence-electron chi connectivity index (χ4n) is 2.89. The van der Waals surface area contributed by atoms with Crippen molar-refractivity contribution in [2.75, 3.05) is 11.9 Å². The van der Waals surface area contributed by atoms with Crippen LogP contribution in [0, 0.1) is 0 Å². The molecule has 0 radical (unpaired) electrons. The van der Waals surface area contributed by atoms with Gasteiger partial charge >= 0.3 is 0 Å². The maximum Gasteiger partial charge on any atom is 0.251 e. The van der Waals surface area contributed by atoms with Gasteiger partial charge in [0.2, 0.25) is 0 Å². The summed E-state index contributed by atoms with van der Waals surface area (Å²) in [4.78, 5) is 16.8. The Morgan fingerprint density at radius 1 is 1.24 bits per heavy atom.